The molecule has 1 saturated heterocycles. The second-order valence-corrected chi connectivity index (χ2v) is 7.62. The van der Waals surface area contributed by atoms with Gasteiger partial charge in [-0.1, -0.05) is 20.8 Å². The summed E-state index contributed by atoms with van der Waals surface area (Å²) in [7, 11) is 2.08. The number of hydrogen-bond acceptors (Lipinski definition) is 6. The highest BCUT2D eigenvalue weighted by Crippen LogP contribution is 2.25. The highest BCUT2D eigenvalue weighted by Gasteiger charge is 2.32. The van der Waals surface area contributed by atoms with Gasteiger partial charge in [-0.2, -0.15) is 5.10 Å². The maximum atomic E-state index is 4.61. The molecule has 4 heterocycles. The Labute approximate surface area is 147 Å². The van der Waals surface area contributed by atoms with Crippen molar-refractivity contribution in [1.29, 1.82) is 0 Å². The van der Waals surface area contributed by atoms with Gasteiger partial charge in [0.1, 0.15) is 5.82 Å². The molecule has 1 aliphatic heterocycles. The van der Waals surface area contributed by atoms with Crippen LogP contribution in [0, 0.1) is 0 Å². The van der Waals surface area contributed by atoms with Crippen LogP contribution < -0.4 is 9.80 Å². The molecule has 0 radical (unpaired) electrons. The Morgan fingerprint density at radius 2 is 1.88 bits per heavy atom. The SMILES string of the molecule is CN(c1ccc2nccn2n1)C1CN(c2ccc(C(C)(C)C)nn2)C1. The third-order valence-electron chi connectivity index (χ3n) is 4.76. The quantitative estimate of drug-likeness (QED) is 0.730. The van der Waals surface area contributed by atoms with Crippen molar-refractivity contribution in [1.82, 2.24) is 24.8 Å². The Morgan fingerprint density at radius 1 is 1.08 bits per heavy atom. The molecule has 0 amide bonds. The number of fused-ring (bicyclic) bond motifs is 1. The van der Waals surface area contributed by atoms with Gasteiger partial charge in [0.05, 0.1) is 11.7 Å². The fourth-order valence-electron chi connectivity index (χ4n) is 2.96. The Balaban J connectivity index is 1.42. The molecule has 7 heteroatoms. The fraction of sp³-hybridized carbons (Fsp3) is 0.444. The summed E-state index contributed by atoms with van der Waals surface area (Å²) in [5.41, 5.74) is 1.91. The third kappa shape index (κ3) is 2.90. The van der Waals surface area contributed by atoms with E-state index >= 15 is 0 Å². The van der Waals surface area contributed by atoms with Crippen LogP contribution in [-0.4, -0.2) is 51.0 Å². The molecule has 0 bridgehead atoms. The van der Waals surface area contributed by atoms with Crippen molar-refractivity contribution in [2.45, 2.75) is 32.2 Å². The molecule has 7 nitrogen and oxygen atoms in total. The zero-order valence-corrected chi connectivity index (χ0v) is 15.1. The lowest BCUT2D eigenvalue weighted by molar-refractivity contribution is 0.483. The molecule has 1 aliphatic rings. The smallest absolute Gasteiger partial charge is 0.153 e. The molecule has 1 fully saturated rings. The van der Waals surface area contributed by atoms with Gasteiger partial charge < -0.3 is 9.80 Å². The van der Waals surface area contributed by atoms with E-state index < -0.39 is 0 Å². The summed E-state index contributed by atoms with van der Waals surface area (Å²) < 4.78 is 1.80. The number of rotatable bonds is 3. The molecule has 0 aromatic carbocycles. The molecule has 3 aromatic rings. The largest absolute Gasteiger partial charge is 0.352 e. The van der Waals surface area contributed by atoms with E-state index in [9.17, 15) is 0 Å². The van der Waals surface area contributed by atoms with Gasteiger partial charge in [0.2, 0.25) is 0 Å². The molecule has 0 aliphatic carbocycles. The summed E-state index contributed by atoms with van der Waals surface area (Å²) in [6.07, 6.45) is 3.63. The van der Waals surface area contributed by atoms with Crippen LogP contribution in [0.5, 0.6) is 0 Å². The van der Waals surface area contributed by atoms with Crippen LogP contribution in [-0.2, 0) is 5.41 Å². The summed E-state index contributed by atoms with van der Waals surface area (Å²) in [6.45, 7) is 8.29. The molecule has 0 spiro atoms. The number of likely N-dealkylation sites (N-methyl/N-ethyl adjacent to an activating group) is 1. The Morgan fingerprint density at radius 3 is 2.56 bits per heavy atom. The zero-order valence-electron chi connectivity index (χ0n) is 15.1. The maximum absolute atomic E-state index is 4.61. The molecule has 0 unspecified atom stereocenters. The van der Waals surface area contributed by atoms with Crippen molar-refractivity contribution in [3.8, 4) is 0 Å². The van der Waals surface area contributed by atoms with E-state index in [1.54, 1.807) is 10.7 Å². The van der Waals surface area contributed by atoms with E-state index in [4.69, 9.17) is 0 Å². The van der Waals surface area contributed by atoms with E-state index in [-0.39, 0.29) is 5.41 Å². The molecule has 25 heavy (non-hydrogen) atoms. The minimum Gasteiger partial charge on any atom is -0.352 e. The number of imidazole rings is 1. The number of hydrogen-bond donors (Lipinski definition) is 0. The minimum atomic E-state index is 0.0286. The first-order valence-electron chi connectivity index (χ1n) is 8.54. The molecule has 0 N–H and O–H groups in total. The van der Waals surface area contributed by atoms with E-state index in [0.717, 1.165) is 36.1 Å². The predicted molar refractivity (Wildman–Crippen MR) is 98.1 cm³/mol. The number of nitrogens with zero attached hydrogens (tertiary/aromatic N) is 7. The summed E-state index contributed by atoms with van der Waals surface area (Å²) >= 11 is 0. The van der Waals surface area contributed by atoms with Gasteiger partial charge in [0.25, 0.3) is 0 Å². The first kappa shape index (κ1) is 15.8. The lowest BCUT2D eigenvalue weighted by atomic mass is 9.92. The van der Waals surface area contributed by atoms with Crippen LogP contribution in [0.25, 0.3) is 5.65 Å². The zero-order chi connectivity index (χ0) is 17.6. The molecule has 0 saturated carbocycles. The minimum absolute atomic E-state index is 0.0286. The molecule has 130 valence electrons. The highest BCUT2D eigenvalue weighted by atomic mass is 15.4. The summed E-state index contributed by atoms with van der Waals surface area (Å²) in [5.74, 6) is 1.89. The van der Waals surface area contributed by atoms with Crippen LogP contribution >= 0.6 is 0 Å². The Kier molecular flexibility index (Phi) is 3.59. The standard InChI is InChI=1S/C18H23N7/c1-18(2,3)14-5-6-16(21-20-14)24-11-13(12-24)23(4)17-8-7-15-19-9-10-25(15)22-17/h5-10,13H,11-12H2,1-4H3. The average Bonchev–Trinajstić information content (AvgIpc) is 3.00. The van der Waals surface area contributed by atoms with E-state index in [1.807, 2.05) is 18.3 Å². The fourth-order valence-corrected chi connectivity index (χ4v) is 2.96. The first-order valence-corrected chi connectivity index (χ1v) is 8.54. The van der Waals surface area contributed by atoms with Crippen LogP contribution in [0.4, 0.5) is 11.6 Å². The van der Waals surface area contributed by atoms with Crippen molar-refractivity contribution in [2.24, 2.45) is 0 Å². The normalized spacial score (nSPS) is 15.4. The number of aromatic nitrogens is 5. The van der Waals surface area contributed by atoms with Gasteiger partial charge in [0.15, 0.2) is 11.5 Å². The van der Waals surface area contributed by atoms with Crippen LogP contribution in [0.1, 0.15) is 26.5 Å². The highest BCUT2D eigenvalue weighted by molar-refractivity contribution is 5.50. The second kappa shape index (κ2) is 5.68. The lowest BCUT2D eigenvalue weighted by Crippen LogP contribution is -2.59. The van der Waals surface area contributed by atoms with Gasteiger partial charge in [-0.15, -0.1) is 10.2 Å². The van der Waals surface area contributed by atoms with Crippen molar-refractivity contribution in [3.05, 3.63) is 42.4 Å². The summed E-state index contributed by atoms with van der Waals surface area (Å²) in [6, 6.07) is 8.57. The summed E-state index contributed by atoms with van der Waals surface area (Å²) in [5, 5.41) is 13.4. The maximum Gasteiger partial charge on any atom is 0.153 e. The van der Waals surface area contributed by atoms with Gasteiger partial charge in [0, 0.05) is 37.9 Å². The van der Waals surface area contributed by atoms with E-state index in [0.29, 0.717) is 6.04 Å². The predicted octanol–water partition coefficient (Wildman–Crippen LogP) is 2.14. The average molecular weight is 337 g/mol. The van der Waals surface area contributed by atoms with E-state index in [1.165, 1.54) is 0 Å². The van der Waals surface area contributed by atoms with Crippen molar-refractivity contribution in [2.75, 3.05) is 29.9 Å². The molecule has 3 aromatic heterocycles. The van der Waals surface area contributed by atoms with Gasteiger partial charge in [-0.05, 0) is 24.3 Å². The monoisotopic (exact) mass is 337 g/mol. The van der Waals surface area contributed by atoms with Crippen molar-refractivity contribution >= 4 is 17.3 Å². The van der Waals surface area contributed by atoms with Crippen molar-refractivity contribution < 1.29 is 0 Å². The van der Waals surface area contributed by atoms with E-state index in [2.05, 4.69) is 70.0 Å². The van der Waals surface area contributed by atoms with Gasteiger partial charge in [-0.3, -0.25) is 0 Å². The van der Waals surface area contributed by atoms with Gasteiger partial charge in [-0.25, -0.2) is 9.50 Å². The molecule has 0 atom stereocenters. The van der Waals surface area contributed by atoms with Crippen LogP contribution in [0.15, 0.2) is 36.7 Å². The lowest BCUT2D eigenvalue weighted by Gasteiger charge is -2.44. The van der Waals surface area contributed by atoms with Gasteiger partial charge >= 0.3 is 0 Å². The molecular weight excluding hydrogens is 314 g/mol. The Bertz CT molecular complexity index is 872. The Hall–Kier alpha value is -2.70. The first-order chi connectivity index (χ1) is 11.9. The summed E-state index contributed by atoms with van der Waals surface area (Å²) in [4.78, 5) is 8.69. The third-order valence-corrected chi connectivity index (χ3v) is 4.76. The molecular formula is C18H23N7. The van der Waals surface area contributed by atoms with Crippen LogP contribution in [0.3, 0.4) is 0 Å². The number of anilines is 2. The topological polar surface area (TPSA) is 62.5 Å². The van der Waals surface area contributed by atoms with Crippen LogP contribution in [0.2, 0.25) is 0 Å². The van der Waals surface area contributed by atoms with Crippen molar-refractivity contribution in [3.63, 3.8) is 0 Å². The second-order valence-electron chi connectivity index (χ2n) is 7.62. The molecule has 4 rings (SSSR count).